The van der Waals surface area contributed by atoms with E-state index in [2.05, 4.69) is 5.32 Å². The van der Waals surface area contributed by atoms with E-state index in [1.165, 1.54) is 11.3 Å². The molecule has 1 unspecified atom stereocenters. The minimum atomic E-state index is -0.0548. The molecule has 1 atom stereocenters. The number of halogens is 2. The van der Waals surface area contributed by atoms with Crippen LogP contribution in [0.5, 0.6) is 0 Å². The van der Waals surface area contributed by atoms with Crippen molar-refractivity contribution in [2.75, 3.05) is 19.6 Å². The van der Waals surface area contributed by atoms with Crippen molar-refractivity contribution in [3.05, 3.63) is 56.2 Å². The molecule has 110 valence electrons. The second-order valence-electron chi connectivity index (χ2n) is 4.84. The Kier molecular flexibility index (Phi) is 4.50. The molecular weight excluding hydrogens is 327 g/mol. The summed E-state index contributed by atoms with van der Waals surface area (Å²) in [7, 11) is 0. The molecule has 1 amide bonds. The predicted octanol–water partition coefficient (Wildman–Crippen LogP) is 3.84. The minimum Gasteiger partial charge on any atom is -0.328 e. The van der Waals surface area contributed by atoms with Gasteiger partial charge in [0, 0.05) is 24.7 Å². The van der Waals surface area contributed by atoms with Crippen LogP contribution >= 0.6 is 34.5 Å². The van der Waals surface area contributed by atoms with E-state index < -0.39 is 0 Å². The monoisotopic (exact) mass is 340 g/mol. The van der Waals surface area contributed by atoms with Crippen molar-refractivity contribution in [3.8, 4) is 0 Å². The summed E-state index contributed by atoms with van der Waals surface area (Å²) in [6.07, 6.45) is 0. The quantitative estimate of drug-likeness (QED) is 0.900. The summed E-state index contributed by atoms with van der Waals surface area (Å²) >= 11 is 13.5. The van der Waals surface area contributed by atoms with E-state index in [-0.39, 0.29) is 11.9 Å². The van der Waals surface area contributed by atoms with E-state index in [1.54, 1.807) is 12.1 Å². The van der Waals surface area contributed by atoms with Crippen LogP contribution in [-0.2, 0) is 0 Å². The lowest BCUT2D eigenvalue weighted by molar-refractivity contribution is 0.0639. The zero-order valence-corrected chi connectivity index (χ0v) is 13.5. The van der Waals surface area contributed by atoms with Crippen molar-refractivity contribution in [1.82, 2.24) is 10.2 Å². The number of amides is 1. The Hall–Kier alpha value is -1.07. The van der Waals surface area contributed by atoms with E-state index in [0.717, 1.165) is 12.1 Å². The molecule has 1 N–H and O–H groups in total. The SMILES string of the molecule is O=C(c1ccc(Cl)s1)N1CCNCC1c1ccccc1Cl. The van der Waals surface area contributed by atoms with Crippen molar-refractivity contribution in [1.29, 1.82) is 0 Å². The Morgan fingerprint density at radius 1 is 1.24 bits per heavy atom. The molecule has 1 saturated heterocycles. The van der Waals surface area contributed by atoms with Crippen LogP contribution in [0.25, 0.3) is 0 Å². The van der Waals surface area contributed by atoms with Crippen molar-refractivity contribution in [2.45, 2.75) is 6.04 Å². The lowest BCUT2D eigenvalue weighted by atomic mass is 10.0. The van der Waals surface area contributed by atoms with Gasteiger partial charge in [0.15, 0.2) is 0 Å². The van der Waals surface area contributed by atoms with Crippen LogP contribution in [0.15, 0.2) is 36.4 Å². The number of nitrogens with zero attached hydrogens (tertiary/aromatic N) is 1. The summed E-state index contributed by atoms with van der Waals surface area (Å²) in [4.78, 5) is 15.3. The second-order valence-corrected chi connectivity index (χ2v) is 6.97. The first-order valence-corrected chi connectivity index (χ1v) is 8.25. The molecule has 2 heterocycles. The molecule has 1 aromatic heterocycles. The predicted molar refractivity (Wildman–Crippen MR) is 87.4 cm³/mol. The number of nitrogens with one attached hydrogen (secondary N) is 1. The van der Waals surface area contributed by atoms with Gasteiger partial charge in [-0.15, -0.1) is 11.3 Å². The Balaban J connectivity index is 1.92. The maximum absolute atomic E-state index is 12.7. The first-order valence-electron chi connectivity index (χ1n) is 6.68. The molecule has 1 aliphatic heterocycles. The molecular formula is C15H14Cl2N2OS. The summed E-state index contributed by atoms with van der Waals surface area (Å²) in [5.74, 6) is 0.0123. The van der Waals surface area contributed by atoms with Gasteiger partial charge in [-0.25, -0.2) is 0 Å². The van der Waals surface area contributed by atoms with Gasteiger partial charge in [0.05, 0.1) is 15.3 Å². The fourth-order valence-corrected chi connectivity index (χ4v) is 3.80. The van der Waals surface area contributed by atoms with Crippen molar-refractivity contribution in [2.24, 2.45) is 0 Å². The number of rotatable bonds is 2. The number of hydrogen-bond acceptors (Lipinski definition) is 3. The maximum atomic E-state index is 12.7. The zero-order valence-electron chi connectivity index (χ0n) is 11.2. The van der Waals surface area contributed by atoms with Crippen LogP contribution in [0.2, 0.25) is 9.36 Å². The van der Waals surface area contributed by atoms with E-state index in [4.69, 9.17) is 23.2 Å². The number of benzene rings is 1. The smallest absolute Gasteiger partial charge is 0.264 e. The third-order valence-corrected chi connectivity index (χ3v) is 5.12. The van der Waals surface area contributed by atoms with Crippen LogP contribution in [0.4, 0.5) is 0 Å². The van der Waals surface area contributed by atoms with Gasteiger partial charge < -0.3 is 10.2 Å². The molecule has 0 radical (unpaired) electrons. The number of carbonyl (C=O) groups excluding carboxylic acids is 1. The Morgan fingerprint density at radius 3 is 2.76 bits per heavy atom. The summed E-state index contributed by atoms with van der Waals surface area (Å²) < 4.78 is 0.628. The van der Waals surface area contributed by atoms with Crippen LogP contribution in [0, 0.1) is 0 Å². The fourth-order valence-electron chi connectivity index (χ4n) is 2.54. The van der Waals surface area contributed by atoms with Gasteiger partial charge in [-0.3, -0.25) is 4.79 Å². The summed E-state index contributed by atoms with van der Waals surface area (Å²) in [5, 5.41) is 4.02. The van der Waals surface area contributed by atoms with Crippen molar-refractivity contribution < 1.29 is 4.79 Å². The summed E-state index contributed by atoms with van der Waals surface area (Å²) in [6.45, 7) is 2.14. The van der Waals surface area contributed by atoms with Gasteiger partial charge in [0.25, 0.3) is 5.91 Å². The van der Waals surface area contributed by atoms with Gasteiger partial charge in [0.1, 0.15) is 0 Å². The second kappa shape index (κ2) is 6.36. The van der Waals surface area contributed by atoms with E-state index in [1.807, 2.05) is 29.2 Å². The normalized spacial score (nSPS) is 18.8. The topological polar surface area (TPSA) is 32.3 Å². The van der Waals surface area contributed by atoms with Crippen molar-refractivity contribution >= 4 is 40.4 Å². The third-order valence-electron chi connectivity index (χ3n) is 3.55. The van der Waals surface area contributed by atoms with Crippen molar-refractivity contribution in [3.63, 3.8) is 0 Å². The molecule has 1 aliphatic rings. The highest BCUT2D eigenvalue weighted by molar-refractivity contribution is 7.17. The zero-order chi connectivity index (χ0) is 14.8. The first-order chi connectivity index (χ1) is 10.2. The average Bonchev–Trinajstić information content (AvgIpc) is 2.94. The molecule has 0 bridgehead atoms. The molecule has 3 rings (SSSR count). The van der Waals surface area contributed by atoms with E-state index in [0.29, 0.717) is 27.3 Å². The number of hydrogen-bond donors (Lipinski definition) is 1. The van der Waals surface area contributed by atoms with Gasteiger partial charge in [-0.05, 0) is 23.8 Å². The summed E-state index contributed by atoms with van der Waals surface area (Å²) in [5.41, 5.74) is 0.974. The average molecular weight is 341 g/mol. The van der Waals surface area contributed by atoms with Crippen LogP contribution < -0.4 is 5.32 Å². The molecule has 3 nitrogen and oxygen atoms in total. The molecule has 0 saturated carbocycles. The highest BCUT2D eigenvalue weighted by Crippen LogP contribution is 2.31. The lowest BCUT2D eigenvalue weighted by Gasteiger charge is -2.36. The molecule has 0 aliphatic carbocycles. The molecule has 0 spiro atoms. The van der Waals surface area contributed by atoms with Gasteiger partial charge in [-0.2, -0.15) is 0 Å². The van der Waals surface area contributed by atoms with Gasteiger partial charge in [-0.1, -0.05) is 41.4 Å². The van der Waals surface area contributed by atoms with E-state index >= 15 is 0 Å². The standard InChI is InChI=1S/C15H14Cl2N2OS/c16-11-4-2-1-3-10(11)12-9-18-7-8-19(12)15(20)13-5-6-14(17)21-13/h1-6,12,18H,7-9H2. The largest absolute Gasteiger partial charge is 0.328 e. The lowest BCUT2D eigenvalue weighted by Crippen LogP contribution is -2.48. The number of piperazine rings is 1. The van der Waals surface area contributed by atoms with Crippen LogP contribution in [-0.4, -0.2) is 30.4 Å². The Morgan fingerprint density at radius 2 is 2.05 bits per heavy atom. The van der Waals surface area contributed by atoms with E-state index in [9.17, 15) is 4.79 Å². The molecule has 2 aromatic rings. The third kappa shape index (κ3) is 3.09. The highest BCUT2D eigenvalue weighted by Gasteiger charge is 2.30. The van der Waals surface area contributed by atoms with Gasteiger partial charge >= 0.3 is 0 Å². The molecule has 1 aromatic carbocycles. The minimum absolute atomic E-state index is 0.0123. The fraction of sp³-hybridized carbons (Fsp3) is 0.267. The molecule has 6 heteroatoms. The summed E-state index contributed by atoms with van der Waals surface area (Å²) in [6, 6.07) is 11.2. The number of carbonyl (C=O) groups is 1. The number of thiophene rings is 1. The maximum Gasteiger partial charge on any atom is 0.264 e. The Bertz CT molecular complexity index is 659. The Labute approximate surface area is 137 Å². The highest BCUT2D eigenvalue weighted by atomic mass is 35.5. The molecule has 21 heavy (non-hydrogen) atoms. The first kappa shape index (κ1) is 14.9. The van der Waals surface area contributed by atoms with Crippen LogP contribution in [0.1, 0.15) is 21.3 Å². The molecule has 1 fully saturated rings. The van der Waals surface area contributed by atoms with Gasteiger partial charge in [0.2, 0.25) is 0 Å². The van der Waals surface area contributed by atoms with Crippen LogP contribution in [0.3, 0.4) is 0 Å².